The molecule has 2 aliphatic heterocycles. The Labute approximate surface area is 327 Å². The standard InChI is InChI=1S/C41H50N4O8S2/c1-38(48)15-6-9-26-29-32(52-35(26)38)27-19-54-55-21-40(20-46,44-37(42)43)39(16-4-5-17-39)41(49)18-14-25(22-10-12-23(45-50)13-11-22)28-31(47)30(33(27)53-36(28)41)34(29)51-24-7-2-3-8-24/h10-14,18,24-26,35,45-46,48-50H,2-9,15-17,19-21H2,1H3,(H4,42,43,44)/t25-,26-,35+,38-,40+,41+/m1/s1. The average molecular weight is 791 g/mol. The molecule has 6 aliphatic rings. The molecule has 4 aliphatic carbocycles. The predicted octanol–water partition coefficient (Wildman–Crippen LogP) is 6.04. The van der Waals surface area contributed by atoms with Crippen molar-refractivity contribution < 1.29 is 34.4 Å². The zero-order chi connectivity index (χ0) is 38.3. The molecule has 3 saturated carbocycles. The van der Waals surface area contributed by atoms with Crippen LogP contribution in [0, 0.1) is 5.41 Å². The molecule has 55 heavy (non-hydrogen) atoms. The molecule has 0 saturated heterocycles. The van der Waals surface area contributed by atoms with Crippen molar-refractivity contribution in [3.8, 4) is 11.5 Å². The molecule has 3 heterocycles. The SMILES string of the molecule is C[C@@]1(O)CCC[C@@H]2c3c(c4c5oc6c(c(=O)c5c3OC3CCCC3)[C@@H](c3ccc(NO)cc3)C=C[C@@]6(O)C3(CCCC3)[C@@](CO)(N=C(N)N)CSSC4)O[C@@H]21. The minimum absolute atomic E-state index is 0.0959. The van der Waals surface area contributed by atoms with Gasteiger partial charge < -0.3 is 40.7 Å². The summed E-state index contributed by atoms with van der Waals surface area (Å²) in [5.74, 6) is 0.741. The number of nitrogens with two attached hydrogens (primary N) is 2. The number of hydrogen-bond donors (Lipinski definition) is 7. The third-order valence-corrected chi connectivity index (χ3v) is 16.0. The van der Waals surface area contributed by atoms with Crippen molar-refractivity contribution in [1.29, 1.82) is 0 Å². The number of hydrogen-bond acceptors (Lipinski definition) is 12. The highest BCUT2D eigenvalue weighted by Gasteiger charge is 2.66. The summed E-state index contributed by atoms with van der Waals surface area (Å²) in [7, 11) is 3.03. The Hall–Kier alpha value is -3.40. The number of anilines is 1. The normalized spacial score (nSPS) is 32.2. The molecule has 0 amide bonds. The lowest BCUT2D eigenvalue weighted by Crippen LogP contribution is -2.62. The number of fused-ring (bicyclic) bond motifs is 5. The van der Waals surface area contributed by atoms with E-state index in [1.807, 2.05) is 25.1 Å². The summed E-state index contributed by atoms with van der Waals surface area (Å²) in [5, 5.41) is 46.7. The smallest absolute Gasteiger partial charge is 0.201 e. The summed E-state index contributed by atoms with van der Waals surface area (Å²) >= 11 is 0. The molecule has 0 unspecified atom stereocenters. The van der Waals surface area contributed by atoms with Crippen molar-refractivity contribution in [3.63, 3.8) is 0 Å². The Bertz CT molecular complexity index is 2120. The van der Waals surface area contributed by atoms with E-state index in [1.165, 1.54) is 21.6 Å². The van der Waals surface area contributed by atoms with Gasteiger partial charge in [-0.2, -0.15) is 0 Å². The molecule has 9 rings (SSSR count). The van der Waals surface area contributed by atoms with Crippen molar-refractivity contribution in [2.24, 2.45) is 21.9 Å². The Morgan fingerprint density at radius 3 is 2.45 bits per heavy atom. The first kappa shape index (κ1) is 37.2. The molecule has 3 aromatic rings. The van der Waals surface area contributed by atoms with E-state index in [-0.39, 0.29) is 40.5 Å². The maximum atomic E-state index is 15.9. The molecule has 14 heteroatoms. The molecule has 12 nitrogen and oxygen atoms in total. The highest BCUT2D eigenvalue weighted by atomic mass is 33.1. The molecule has 0 radical (unpaired) electrons. The summed E-state index contributed by atoms with van der Waals surface area (Å²) in [6, 6.07) is 7.12. The van der Waals surface area contributed by atoms with Crippen LogP contribution >= 0.6 is 21.6 Å². The minimum atomic E-state index is -1.92. The van der Waals surface area contributed by atoms with E-state index in [0.29, 0.717) is 58.7 Å². The molecule has 1 aromatic heterocycles. The van der Waals surface area contributed by atoms with Gasteiger partial charge in [-0.25, -0.2) is 4.99 Å². The number of benzene rings is 2. The van der Waals surface area contributed by atoms with Crippen molar-refractivity contribution in [3.05, 3.63) is 74.7 Å². The number of aliphatic imine (C=N–C) groups is 1. The van der Waals surface area contributed by atoms with Crippen molar-refractivity contribution in [2.75, 3.05) is 17.8 Å². The second kappa shape index (κ2) is 13.6. The number of ether oxygens (including phenoxy) is 2. The van der Waals surface area contributed by atoms with E-state index in [1.54, 1.807) is 18.2 Å². The third-order valence-electron chi connectivity index (χ3n) is 13.6. The predicted molar refractivity (Wildman–Crippen MR) is 214 cm³/mol. The summed E-state index contributed by atoms with van der Waals surface area (Å²) < 4.78 is 21.1. The Balaban J connectivity index is 1.40. The number of aliphatic hydroxyl groups excluding tert-OH is 1. The van der Waals surface area contributed by atoms with Gasteiger partial charge >= 0.3 is 0 Å². The molecule has 6 atom stereocenters. The summed E-state index contributed by atoms with van der Waals surface area (Å²) in [4.78, 5) is 20.7. The Morgan fingerprint density at radius 2 is 1.76 bits per heavy atom. The van der Waals surface area contributed by atoms with E-state index < -0.39 is 40.8 Å². The minimum Gasteiger partial charge on any atom is -0.489 e. The lowest BCUT2D eigenvalue weighted by molar-refractivity contribution is -0.114. The third kappa shape index (κ3) is 5.49. The van der Waals surface area contributed by atoms with Gasteiger partial charge in [0.25, 0.3) is 0 Å². The molecule has 2 bridgehead atoms. The van der Waals surface area contributed by atoms with E-state index in [4.69, 9.17) is 30.4 Å². The van der Waals surface area contributed by atoms with Crippen LogP contribution in [0.25, 0.3) is 11.0 Å². The van der Waals surface area contributed by atoms with Crippen LogP contribution in [-0.2, 0) is 11.4 Å². The topological polar surface area (TPSA) is 206 Å². The number of rotatable bonds is 6. The van der Waals surface area contributed by atoms with Gasteiger partial charge in [0.2, 0.25) is 5.43 Å². The van der Waals surface area contributed by atoms with Gasteiger partial charge in [-0.05, 0) is 88.5 Å². The van der Waals surface area contributed by atoms with Crippen LogP contribution in [0.2, 0.25) is 0 Å². The van der Waals surface area contributed by atoms with Gasteiger partial charge in [-0.15, -0.1) is 0 Å². The molecular formula is C41H50N4O8S2. The molecular weight excluding hydrogens is 741 g/mol. The fraction of sp³-hybridized carbons (Fsp3) is 0.561. The number of guanidine groups is 1. The van der Waals surface area contributed by atoms with Gasteiger partial charge in [0.15, 0.2) is 5.96 Å². The summed E-state index contributed by atoms with van der Waals surface area (Å²) in [6.07, 6.45) is 11.3. The molecule has 3 fully saturated rings. The van der Waals surface area contributed by atoms with Crippen LogP contribution < -0.4 is 31.8 Å². The van der Waals surface area contributed by atoms with Gasteiger partial charge in [0.05, 0.1) is 29.6 Å². The number of allylic oxidation sites excluding steroid dienone is 1. The maximum Gasteiger partial charge on any atom is 0.201 e. The van der Waals surface area contributed by atoms with Gasteiger partial charge in [-0.1, -0.05) is 52.6 Å². The molecule has 1 spiro atoms. The first-order valence-corrected chi connectivity index (χ1v) is 22.1. The Kier molecular flexibility index (Phi) is 9.21. The fourth-order valence-corrected chi connectivity index (χ4v) is 13.6. The van der Waals surface area contributed by atoms with Crippen molar-refractivity contribution in [2.45, 2.75) is 124 Å². The zero-order valence-electron chi connectivity index (χ0n) is 31.0. The van der Waals surface area contributed by atoms with Crippen LogP contribution in [0.5, 0.6) is 11.5 Å². The first-order valence-electron chi connectivity index (χ1n) is 19.6. The van der Waals surface area contributed by atoms with Gasteiger partial charge in [-0.3, -0.25) is 15.5 Å². The van der Waals surface area contributed by atoms with Crippen LogP contribution in [0.15, 0.2) is 50.6 Å². The maximum absolute atomic E-state index is 15.9. The van der Waals surface area contributed by atoms with Crippen LogP contribution in [-0.4, -0.2) is 62.2 Å². The van der Waals surface area contributed by atoms with Crippen LogP contribution in [0.1, 0.15) is 117 Å². The first-order chi connectivity index (χ1) is 26.5. The largest absolute Gasteiger partial charge is 0.489 e. The second-order valence-corrected chi connectivity index (χ2v) is 19.2. The lowest BCUT2D eigenvalue weighted by Gasteiger charge is -2.54. The highest BCUT2D eigenvalue weighted by Crippen LogP contribution is 2.64. The van der Waals surface area contributed by atoms with Gasteiger partial charge in [0.1, 0.15) is 45.5 Å². The van der Waals surface area contributed by atoms with Crippen molar-refractivity contribution in [1.82, 2.24) is 0 Å². The summed E-state index contributed by atoms with van der Waals surface area (Å²) in [5.41, 5.74) is 11.9. The van der Waals surface area contributed by atoms with Crippen molar-refractivity contribution >= 4 is 44.2 Å². The van der Waals surface area contributed by atoms with Crippen LogP contribution in [0.3, 0.4) is 0 Å². The van der Waals surface area contributed by atoms with E-state index >= 15 is 4.79 Å². The fourth-order valence-electron chi connectivity index (χ4n) is 11.0. The Morgan fingerprint density at radius 1 is 1.02 bits per heavy atom. The highest BCUT2D eigenvalue weighted by molar-refractivity contribution is 8.76. The number of aliphatic hydroxyl groups is 3. The molecule has 2 aromatic carbocycles. The average Bonchev–Trinajstić information content (AvgIpc) is 3.96. The van der Waals surface area contributed by atoms with E-state index in [2.05, 4.69) is 5.48 Å². The zero-order valence-corrected chi connectivity index (χ0v) is 32.6. The van der Waals surface area contributed by atoms with Crippen LogP contribution in [0.4, 0.5) is 5.69 Å². The van der Waals surface area contributed by atoms with E-state index in [0.717, 1.165) is 62.5 Å². The summed E-state index contributed by atoms with van der Waals surface area (Å²) in [6.45, 7) is 1.38. The monoisotopic (exact) mass is 790 g/mol. The quantitative estimate of drug-likeness (QED) is 0.0501. The van der Waals surface area contributed by atoms with E-state index in [9.17, 15) is 20.5 Å². The molecule has 9 N–H and O–H groups in total. The molecule has 294 valence electrons. The second-order valence-electron chi connectivity index (χ2n) is 16.7. The van der Waals surface area contributed by atoms with Gasteiger partial charge in [0, 0.05) is 39.9 Å². The number of nitrogens with one attached hydrogen (secondary N) is 1. The lowest BCUT2D eigenvalue weighted by atomic mass is 9.56. The number of nitrogens with zero attached hydrogens (tertiary/aromatic N) is 1.